The van der Waals surface area contributed by atoms with Gasteiger partial charge in [-0.15, -0.1) is 0 Å². The number of benzene rings is 2. The molecule has 2 aromatic heterocycles. The van der Waals surface area contributed by atoms with Crippen LogP contribution in [-0.2, 0) is 6.42 Å². The van der Waals surface area contributed by atoms with Gasteiger partial charge in [0.05, 0.1) is 21.6 Å². The van der Waals surface area contributed by atoms with E-state index >= 15 is 0 Å². The number of nitrogen functional groups attached to an aromatic ring is 2. The van der Waals surface area contributed by atoms with Gasteiger partial charge in [-0.2, -0.15) is 9.97 Å². The standard InChI is InChI=1S/C22H18ClF3N8O2/c23-12-2-1-3-13-15(12)21(36)34(11-7-9(17(25)26)6-10(24)8-11)14(31-13)4-5-30-20-16(19(28)35)18(27)32-22(29)33-20/h1-3,6-8,17H,4-5H2,(H2,28,35)(H5,27,29,30,32,33). The van der Waals surface area contributed by atoms with Gasteiger partial charge >= 0.3 is 0 Å². The highest BCUT2D eigenvalue weighted by Gasteiger charge is 2.20. The summed E-state index contributed by atoms with van der Waals surface area (Å²) in [5.74, 6) is -2.26. The summed E-state index contributed by atoms with van der Waals surface area (Å²) in [4.78, 5) is 37.3. The first-order valence-electron chi connectivity index (χ1n) is 10.3. The zero-order valence-corrected chi connectivity index (χ0v) is 19.1. The number of halogens is 4. The van der Waals surface area contributed by atoms with Gasteiger partial charge in [-0.05, 0) is 30.3 Å². The molecule has 2 aromatic carbocycles. The van der Waals surface area contributed by atoms with E-state index in [2.05, 4.69) is 20.3 Å². The SMILES string of the molecule is NC(=O)c1c(N)nc(N)nc1NCCc1nc2cccc(Cl)c2c(=O)n1-c1cc(F)cc(C(F)F)c1. The second-order valence-electron chi connectivity index (χ2n) is 7.58. The van der Waals surface area contributed by atoms with E-state index in [1.807, 2.05) is 0 Å². The molecule has 186 valence electrons. The average Bonchev–Trinajstić information content (AvgIpc) is 2.77. The highest BCUT2D eigenvalue weighted by Crippen LogP contribution is 2.25. The summed E-state index contributed by atoms with van der Waals surface area (Å²) >= 11 is 6.21. The topological polar surface area (TPSA) is 168 Å². The summed E-state index contributed by atoms with van der Waals surface area (Å²) in [6.45, 7) is 0.00566. The van der Waals surface area contributed by atoms with E-state index in [1.165, 1.54) is 6.07 Å². The molecular weight excluding hydrogens is 501 g/mol. The number of nitrogens with one attached hydrogen (secondary N) is 1. The molecule has 0 radical (unpaired) electrons. The number of hydrogen-bond acceptors (Lipinski definition) is 8. The molecule has 10 nitrogen and oxygen atoms in total. The van der Waals surface area contributed by atoms with Crippen molar-refractivity contribution >= 4 is 46.0 Å². The van der Waals surface area contributed by atoms with Gasteiger partial charge in [0.15, 0.2) is 0 Å². The summed E-state index contributed by atoms with van der Waals surface area (Å²) in [5.41, 5.74) is 15.3. The van der Waals surface area contributed by atoms with E-state index in [9.17, 15) is 22.8 Å². The van der Waals surface area contributed by atoms with Crippen molar-refractivity contribution in [1.29, 1.82) is 0 Å². The van der Waals surface area contributed by atoms with E-state index < -0.39 is 29.3 Å². The van der Waals surface area contributed by atoms with Gasteiger partial charge in [-0.25, -0.2) is 18.2 Å². The lowest BCUT2D eigenvalue weighted by atomic mass is 10.1. The minimum atomic E-state index is -2.97. The Bertz CT molecular complexity index is 1560. The van der Waals surface area contributed by atoms with E-state index in [0.29, 0.717) is 6.07 Å². The Morgan fingerprint density at radius 3 is 2.58 bits per heavy atom. The Labute approximate surface area is 205 Å². The average molecular weight is 519 g/mol. The summed E-state index contributed by atoms with van der Waals surface area (Å²) in [6.07, 6.45) is -2.99. The maximum absolute atomic E-state index is 14.2. The molecule has 0 aliphatic carbocycles. The van der Waals surface area contributed by atoms with Gasteiger partial charge in [-0.3, -0.25) is 14.2 Å². The first-order valence-corrected chi connectivity index (χ1v) is 10.7. The molecule has 14 heteroatoms. The van der Waals surface area contributed by atoms with Crippen molar-refractivity contribution in [3.63, 3.8) is 0 Å². The molecule has 0 fully saturated rings. The van der Waals surface area contributed by atoms with Gasteiger partial charge < -0.3 is 22.5 Å². The molecule has 36 heavy (non-hydrogen) atoms. The fraction of sp³-hybridized carbons (Fsp3) is 0.136. The lowest BCUT2D eigenvalue weighted by Gasteiger charge is -2.16. The first kappa shape index (κ1) is 24.7. The third kappa shape index (κ3) is 4.73. The van der Waals surface area contributed by atoms with Gasteiger partial charge in [0, 0.05) is 18.5 Å². The number of carbonyl (C=O) groups is 1. The molecule has 0 aliphatic heterocycles. The highest BCUT2D eigenvalue weighted by molar-refractivity contribution is 6.35. The van der Waals surface area contributed by atoms with Crippen LogP contribution in [-0.4, -0.2) is 32.0 Å². The van der Waals surface area contributed by atoms with Crippen molar-refractivity contribution in [3.8, 4) is 5.69 Å². The van der Waals surface area contributed by atoms with E-state index in [0.717, 1.165) is 16.7 Å². The molecule has 1 amide bonds. The Morgan fingerprint density at radius 2 is 1.89 bits per heavy atom. The van der Waals surface area contributed by atoms with Crippen molar-refractivity contribution in [3.05, 3.63) is 74.5 Å². The van der Waals surface area contributed by atoms with Crippen LogP contribution in [0.5, 0.6) is 0 Å². The van der Waals surface area contributed by atoms with E-state index in [-0.39, 0.29) is 63.6 Å². The second kappa shape index (κ2) is 9.70. The van der Waals surface area contributed by atoms with Gasteiger partial charge in [0.2, 0.25) is 5.95 Å². The first-order chi connectivity index (χ1) is 17.1. The largest absolute Gasteiger partial charge is 0.383 e. The van der Waals surface area contributed by atoms with Crippen molar-refractivity contribution in [2.75, 3.05) is 23.3 Å². The van der Waals surface area contributed by atoms with Crippen molar-refractivity contribution in [2.24, 2.45) is 5.73 Å². The van der Waals surface area contributed by atoms with Crippen LogP contribution < -0.4 is 28.1 Å². The minimum Gasteiger partial charge on any atom is -0.383 e. The molecule has 0 saturated carbocycles. The normalized spacial score (nSPS) is 11.2. The molecule has 0 aliphatic rings. The van der Waals surface area contributed by atoms with E-state index in [4.69, 9.17) is 28.8 Å². The smallest absolute Gasteiger partial charge is 0.267 e. The number of carbonyl (C=O) groups excluding carboxylic acids is 1. The number of anilines is 3. The molecule has 0 spiro atoms. The second-order valence-corrected chi connectivity index (χ2v) is 7.98. The number of hydrogen-bond donors (Lipinski definition) is 4. The zero-order valence-electron chi connectivity index (χ0n) is 18.3. The summed E-state index contributed by atoms with van der Waals surface area (Å²) in [6, 6.07) is 7.23. The Kier molecular flexibility index (Phi) is 6.66. The Hall–Kier alpha value is -4.39. The molecule has 7 N–H and O–H groups in total. The molecule has 4 aromatic rings. The number of rotatable bonds is 7. The highest BCUT2D eigenvalue weighted by atomic mass is 35.5. The minimum absolute atomic E-state index is 0.00566. The molecule has 0 bridgehead atoms. The third-order valence-corrected chi connectivity index (χ3v) is 5.49. The van der Waals surface area contributed by atoms with Crippen LogP contribution >= 0.6 is 11.6 Å². The van der Waals surface area contributed by atoms with Crippen molar-refractivity contribution in [2.45, 2.75) is 12.8 Å². The molecule has 0 saturated heterocycles. The fourth-order valence-corrected chi connectivity index (χ4v) is 3.93. The summed E-state index contributed by atoms with van der Waals surface area (Å²) in [7, 11) is 0. The number of aromatic nitrogens is 4. The van der Waals surface area contributed by atoms with Crippen molar-refractivity contribution in [1.82, 2.24) is 19.5 Å². The van der Waals surface area contributed by atoms with Crippen LogP contribution in [0.15, 0.2) is 41.2 Å². The molecule has 4 rings (SSSR count). The quantitative estimate of drug-likeness (QED) is 0.289. The van der Waals surface area contributed by atoms with Gasteiger partial charge in [0.25, 0.3) is 17.9 Å². The maximum atomic E-state index is 14.2. The van der Waals surface area contributed by atoms with Crippen LogP contribution in [0.3, 0.4) is 0 Å². The van der Waals surface area contributed by atoms with Gasteiger partial charge in [-0.1, -0.05) is 17.7 Å². The summed E-state index contributed by atoms with van der Waals surface area (Å²) < 4.78 is 41.9. The number of nitrogens with zero attached hydrogens (tertiary/aromatic N) is 4. The summed E-state index contributed by atoms with van der Waals surface area (Å²) in [5, 5.41) is 2.96. The zero-order chi connectivity index (χ0) is 26.1. The lowest BCUT2D eigenvalue weighted by Crippen LogP contribution is -2.26. The van der Waals surface area contributed by atoms with Crippen LogP contribution in [0, 0.1) is 5.82 Å². The predicted octanol–water partition coefficient (Wildman–Crippen LogP) is 2.82. The number of alkyl halides is 2. The van der Waals surface area contributed by atoms with Crippen LogP contribution in [0.1, 0.15) is 28.2 Å². The van der Waals surface area contributed by atoms with Crippen molar-refractivity contribution < 1.29 is 18.0 Å². The third-order valence-electron chi connectivity index (χ3n) is 5.17. The maximum Gasteiger partial charge on any atom is 0.267 e. The van der Waals surface area contributed by atoms with Gasteiger partial charge in [0.1, 0.15) is 28.8 Å². The molecule has 0 atom stereocenters. The predicted molar refractivity (Wildman–Crippen MR) is 129 cm³/mol. The number of nitrogens with two attached hydrogens (primary N) is 3. The van der Waals surface area contributed by atoms with Crippen LogP contribution in [0.25, 0.3) is 16.6 Å². The number of primary amides is 1. The molecule has 2 heterocycles. The number of fused-ring (bicyclic) bond motifs is 1. The van der Waals surface area contributed by atoms with Crippen LogP contribution in [0.2, 0.25) is 5.02 Å². The number of amides is 1. The Morgan fingerprint density at radius 1 is 1.14 bits per heavy atom. The van der Waals surface area contributed by atoms with Crippen LogP contribution in [0.4, 0.5) is 30.8 Å². The van der Waals surface area contributed by atoms with E-state index in [1.54, 1.807) is 12.1 Å². The molecular formula is C22H18ClF3N8O2. The molecule has 0 unspecified atom stereocenters. The Balaban J connectivity index is 1.81. The monoisotopic (exact) mass is 518 g/mol. The fourth-order valence-electron chi connectivity index (χ4n) is 3.68. The lowest BCUT2D eigenvalue weighted by molar-refractivity contribution is 0.100.